The lowest BCUT2D eigenvalue weighted by Gasteiger charge is -2.11. The van der Waals surface area contributed by atoms with Crippen molar-refractivity contribution in [3.05, 3.63) is 45.4 Å². The van der Waals surface area contributed by atoms with Gasteiger partial charge in [0.15, 0.2) is 0 Å². The van der Waals surface area contributed by atoms with E-state index in [0.717, 1.165) is 16.3 Å². The molecule has 0 saturated heterocycles. The van der Waals surface area contributed by atoms with Crippen LogP contribution < -0.4 is 5.32 Å². The number of nitrogens with zero attached hydrogens (tertiary/aromatic N) is 2. The summed E-state index contributed by atoms with van der Waals surface area (Å²) in [5.74, 6) is 0.128. The van der Waals surface area contributed by atoms with Gasteiger partial charge in [-0.2, -0.15) is 0 Å². The summed E-state index contributed by atoms with van der Waals surface area (Å²) >= 11 is 1.41. The standard InChI is InChI=1S/C17H23N3O3S2/c1-11(2)17-19-12(3)15(24-17)16(21)18-10-13-6-8-14(9-7-13)25(22,23)20(4)5/h6-9,11H,10H2,1-5H3,(H,18,21). The van der Waals surface area contributed by atoms with Gasteiger partial charge in [0.1, 0.15) is 4.88 Å². The lowest BCUT2D eigenvalue weighted by Crippen LogP contribution is -2.23. The second-order valence-electron chi connectivity index (χ2n) is 6.24. The Bertz CT molecular complexity index is 854. The summed E-state index contributed by atoms with van der Waals surface area (Å²) in [4.78, 5) is 17.6. The highest BCUT2D eigenvalue weighted by atomic mass is 32.2. The molecule has 25 heavy (non-hydrogen) atoms. The topological polar surface area (TPSA) is 79.4 Å². The van der Waals surface area contributed by atoms with Gasteiger partial charge < -0.3 is 5.32 Å². The van der Waals surface area contributed by atoms with Crippen LogP contribution in [0.3, 0.4) is 0 Å². The minimum Gasteiger partial charge on any atom is -0.347 e. The number of aryl methyl sites for hydroxylation is 1. The van der Waals surface area contributed by atoms with E-state index >= 15 is 0 Å². The van der Waals surface area contributed by atoms with E-state index in [-0.39, 0.29) is 16.7 Å². The first-order valence-electron chi connectivity index (χ1n) is 7.90. The van der Waals surface area contributed by atoms with E-state index in [0.29, 0.717) is 11.4 Å². The van der Waals surface area contributed by atoms with Crippen LogP contribution in [0.25, 0.3) is 0 Å². The molecule has 0 unspecified atom stereocenters. The van der Waals surface area contributed by atoms with Crippen LogP contribution in [-0.4, -0.2) is 37.7 Å². The summed E-state index contributed by atoms with van der Waals surface area (Å²) in [5.41, 5.74) is 1.57. The smallest absolute Gasteiger partial charge is 0.263 e. The third-order valence-corrected chi connectivity index (χ3v) is 6.95. The van der Waals surface area contributed by atoms with Crippen LogP contribution >= 0.6 is 11.3 Å². The highest BCUT2D eigenvalue weighted by Crippen LogP contribution is 2.24. The van der Waals surface area contributed by atoms with E-state index in [2.05, 4.69) is 10.3 Å². The van der Waals surface area contributed by atoms with Gasteiger partial charge in [0, 0.05) is 26.6 Å². The van der Waals surface area contributed by atoms with E-state index in [4.69, 9.17) is 0 Å². The normalized spacial score (nSPS) is 12.0. The Kier molecular flexibility index (Phi) is 5.97. The molecule has 8 heteroatoms. The van der Waals surface area contributed by atoms with Crippen molar-refractivity contribution in [1.82, 2.24) is 14.6 Å². The zero-order chi connectivity index (χ0) is 18.8. The number of hydrogen-bond acceptors (Lipinski definition) is 5. The number of thiazole rings is 1. The number of benzene rings is 1. The largest absolute Gasteiger partial charge is 0.347 e. The first kappa shape index (κ1) is 19.6. The van der Waals surface area contributed by atoms with Crippen LogP contribution in [-0.2, 0) is 16.6 Å². The predicted octanol–water partition coefficient (Wildman–Crippen LogP) is 2.76. The first-order valence-corrected chi connectivity index (χ1v) is 10.2. The summed E-state index contributed by atoms with van der Waals surface area (Å²) in [6.45, 7) is 6.25. The van der Waals surface area contributed by atoms with Crippen molar-refractivity contribution in [2.45, 2.75) is 38.1 Å². The molecule has 0 saturated carbocycles. The summed E-state index contributed by atoms with van der Waals surface area (Å²) < 4.78 is 25.2. The molecule has 1 heterocycles. The van der Waals surface area contributed by atoms with Crippen LogP contribution in [0.1, 0.15) is 45.7 Å². The maximum atomic E-state index is 12.3. The molecule has 1 aromatic carbocycles. The van der Waals surface area contributed by atoms with Crippen molar-refractivity contribution in [3.8, 4) is 0 Å². The summed E-state index contributed by atoms with van der Waals surface area (Å²) in [6.07, 6.45) is 0. The van der Waals surface area contributed by atoms with Gasteiger partial charge in [-0.3, -0.25) is 4.79 Å². The van der Waals surface area contributed by atoms with E-state index in [1.165, 1.54) is 29.7 Å². The van der Waals surface area contributed by atoms with E-state index in [9.17, 15) is 13.2 Å². The number of amides is 1. The molecule has 2 rings (SSSR count). The Morgan fingerprint density at radius 3 is 2.32 bits per heavy atom. The number of rotatable bonds is 6. The van der Waals surface area contributed by atoms with Crippen molar-refractivity contribution in [3.63, 3.8) is 0 Å². The fraction of sp³-hybridized carbons (Fsp3) is 0.412. The molecule has 0 bridgehead atoms. The summed E-state index contributed by atoms with van der Waals surface area (Å²) in [5, 5.41) is 3.81. The predicted molar refractivity (Wildman–Crippen MR) is 99.4 cm³/mol. The summed E-state index contributed by atoms with van der Waals surface area (Å²) in [7, 11) is -0.455. The lowest BCUT2D eigenvalue weighted by atomic mass is 10.2. The van der Waals surface area contributed by atoms with E-state index in [1.54, 1.807) is 24.3 Å². The fourth-order valence-corrected chi connectivity index (χ4v) is 4.01. The third kappa shape index (κ3) is 4.45. The van der Waals surface area contributed by atoms with Gasteiger partial charge in [0.2, 0.25) is 10.0 Å². The second kappa shape index (κ2) is 7.63. The zero-order valence-corrected chi connectivity index (χ0v) is 16.7. The highest BCUT2D eigenvalue weighted by Gasteiger charge is 2.18. The second-order valence-corrected chi connectivity index (χ2v) is 9.42. The maximum Gasteiger partial charge on any atom is 0.263 e. The lowest BCUT2D eigenvalue weighted by molar-refractivity contribution is 0.0954. The molecule has 1 aromatic heterocycles. The molecule has 0 aliphatic rings. The van der Waals surface area contributed by atoms with Crippen LogP contribution in [0, 0.1) is 6.92 Å². The molecule has 0 fully saturated rings. The van der Waals surface area contributed by atoms with Crippen LogP contribution in [0.2, 0.25) is 0 Å². The molecule has 6 nitrogen and oxygen atoms in total. The molecule has 2 aromatic rings. The Morgan fingerprint density at radius 1 is 1.24 bits per heavy atom. The van der Waals surface area contributed by atoms with Crippen molar-refractivity contribution >= 4 is 27.3 Å². The average Bonchev–Trinajstić information content (AvgIpc) is 2.95. The molecule has 0 aliphatic carbocycles. The fourth-order valence-electron chi connectivity index (χ4n) is 2.13. The Morgan fingerprint density at radius 2 is 1.84 bits per heavy atom. The molecular weight excluding hydrogens is 358 g/mol. The van der Waals surface area contributed by atoms with Gasteiger partial charge in [-0.15, -0.1) is 11.3 Å². The molecular formula is C17H23N3O3S2. The number of aromatic nitrogens is 1. The monoisotopic (exact) mass is 381 g/mol. The van der Waals surface area contributed by atoms with E-state index in [1.807, 2.05) is 20.8 Å². The minimum atomic E-state index is -3.44. The van der Waals surface area contributed by atoms with Crippen LogP contribution in [0.15, 0.2) is 29.2 Å². The minimum absolute atomic E-state index is 0.160. The van der Waals surface area contributed by atoms with Crippen LogP contribution in [0.5, 0.6) is 0 Å². The molecule has 0 aliphatic heterocycles. The van der Waals surface area contributed by atoms with Gasteiger partial charge in [-0.1, -0.05) is 26.0 Å². The SMILES string of the molecule is Cc1nc(C(C)C)sc1C(=O)NCc1ccc(S(=O)(=O)N(C)C)cc1. The average molecular weight is 382 g/mol. The van der Waals surface area contributed by atoms with Crippen molar-refractivity contribution < 1.29 is 13.2 Å². The molecule has 136 valence electrons. The maximum absolute atomic E-state index is 12.3. The molecule has 1 amide bonds. The molecule has 0 atom stereocenters. The zero-order valence-electron chi connectivity index (χ0n) is 15.0. The molecule has 0 spiro atoms. The van der Waals surface area contributed by atoms with Gasteiger partial charge >= 0.3 is 0 Å². The summed E-state index contributed by atoms with van der Waals surface area (Å²) in [6, 6.07) is 6.50. The van der Waals surface area contributed by atoms with Gasteiger partial charge in [0.25, 0.3) is 5.91 Å². The third-order valence-electron chi connectivity index (χ3n) is 3.67. The number of carbonyl (C=O) groups excluding carboxylic acids is 1. The number of sulfonamides is 1. The van der Waals surface area contributed by atoms with Gasteiger partial charge in [0.05, 0.1) is 15.6 Å². The van der Waals surface area contributed by atoms with Gasteiger partial charge in [-0.25, -0.2) is 17.7 Å². The van der Waals surface area contributed by atoms with Crippen LogP contribution in [0.4, 0.5) is 0 Å². The molecule has 0 radical (unpaired) electrons. The Balaban J connectivity index is 2.05. The van der Waals surface area contributed by atoms with Crippen molar-refractivity contribution in [1.29, 1.82) is 0 Å². The Hall–Kier alpha value is -1.77. The van der Waals surface area contributed by atoms with E-state index < -0.39 is 10.0 Å². The first-order chi connectivity index (χ1) is 11.6. The van der Waals surface area contributed by atoms with Crippen molar-refractivity contribution in [2.75, 3.05) is 14.1 Å². The highest BCUT2D eigenvalue weighted by molar-refractivity contribution is 7.89. The number of hydrogen-bond donors (Lipinski definition) is 1. The molecule has 1 N–H and O–H groups in total. The van der Waals surface area contributed by atoms with Gasteiger partial charge in [-0.05, 0) is 24.6 Å². The number of carbonyl (C=O) groups is 1. The van der Waals surface area contributed by atoms with Crippen molar-refractivity contribution in [2.24, 2.45) is 0 Å². The Labute approximate surface area is 153 Å². The quantitative estimate of drug-likeness (QED) is 0.834. The number of nitrogens with one attached hydrogen (secondary N) is 1.